The molecule has 78 valence electrons. The summed E-state index contributed by atoms with van der Waals surface area (Å²) in [6.07, 6.45) is 0.350. The van der Waals surface area contributed by atoms with E-state index >= 15 is 0 Å². The molecule has 1 unspecified atom stereocenters. The van der Waals surface area contributed by atoms with Crippen molar-refractivity contribution in [3.8, 4) is 0 Å². The minimum Gasteiger partial charge on any atom is -0.368 e. The fraction of sp³-hybridized carbons (Fsp3) is 0.833. The van der Waals surface area contributed by atoms with Crippen LogP contribution in [0.2, 0.25) is 0 Å². The molecule has 0 aromatic heterocycles. The number of carbonyl (C=O) groups is 1. The molecular formula is C6H13ClN2O3S. The van der Waals surface area contributed by atoms with E-state index < -0.39 is 22.0 Å². The number of alkyl halides is 1. The van der Waals surface area contributed by atoms with Gasteiger partial charge in [0, 0.05) is 5.88 Å². The van der Waals surface area contributed by atoms with Crippen LogP contribution in [0.15, 0.2) is 0 Å². The zero-order chi connectivity index (χ0) is 10.5. The Balaban J connectivity index is 4.10. The van der Waals surface area contributed by atoms with Gasteiger partial charge < -0.3 is 5.73 Å². The van der Waals surface area contributed by atoms with Gasteiger partial charge in [-0.1, -0.05) is 0 Å². The summed E-state index contributed by atoms with van der Waals surface area (Å²) in [5, 5.41) is 0. The molecule has 3 N–H and O–H groups in total. The number of sulfonamides is 1. The monoisotopic (exact) mass is 228 g/mol. The molecule has 0 radical (unpaired) electrons. The van der Waals surface area contributed by atoms with Gasteiger partial charge in [-0.15, -0.1) is 11.6 Å². The van der Waals surface area contributed by atoms with E-state index in [-0.39, 0.29) is 11.6 Å². The van der Waals surface area contributed by atoms with Crippen LogP contribution in [-0.2, 0) is 14.8 Å². The van der Waals surface area contributed by atoms with Gasteiger partial charge >= 0.3 is 0 Å². The Kier molecular flexibility index (Phi) is 5.27. The maximum Gasteiger partial charge on any atom is 0.235 e. The predicted octanol–water partition coefficient (Wildman–Crippen LogP) is -0.591. The molecule has 0 spiro atoms. The fourth-order valence-corrected chi connectivity index (χ4v) is 2.22. The molecule has 0 fully saturated rings. The van der Waals surface area contributed by atoms with Crippen LogP contribution < -0.4 is 10.5 Å². The lowest BCUT2D eigenvalue weighted by atomic mass is 10.4. The second-order valence-corrected chi connectivity index (χ2v) is 4.85. The molecule has 0 aliphatic rings. The summed E-state index contributed by atoms with van der Waals surface area (Å²) in [5.41, 5.74) is 4.88. The molecule has 0 rings (SSSR count). The largest absolute Gasteiger partial charge is 0.368 e. The lowest BCUT2D eigenvalue weighted by Crippen LogP contribution is -2.43. The Morgan fingerprint density at radius 3 is 2.54 bits per heavy atom. The molecule has 0 aromatic rings. The van der Waals surface area contributed by atoms with Gasteiger partial charge in [-0.05, 0) is 13.3 Å². The van der Waals surface area contributed by atoms with E-state index in [1.807, 2.05) is 0 Å². The summed E-state index contributed by atoms with van der Waals surface area (Å²) in [4.78, 5) is 10.5. The number of nitrogens with two attached hydrogens (primary N) is 1. The Labute approximate surface area is 82.7 Å². The van der Waals surface area contributed by atoms with Crippen molar-refractivity contribution in [2.75, 3.05) is 11.6 Å². The first-order chi connectivity index (χ1) is 5.89. The average molecular weight is 229 g/mol. The summed E-state index contributed by atoms with van der Waals surface area (Å²) in [6, 6.07) is -0.875. The number of primary amides is 1. The topological polar surface area (TPSA) is 89.3 Å². The minimum atomic E-state index is -3.42. The Morgan fingerprint density at radius 2 is 2.15 bits per heavy atom. The van der Waals surface area contributed by atoms with Crippen LogP contribution in [0.5, 0.6) is 0 Å². The van der Waals surface area contributed by atoms with Gasteiger partial charge in [0.25, 0.3) is 0 Å². The first-order valence-corrected chi connectivity index (χ1v) is 5.93. The molecule has 0 aliphatic heterocycles. The normalized spacial score (nSPS) is 14.0. The summed E-state index contributed by atoms with van der Waals surface area (Å²) in [5.74, 6) is -0.519. The molecule has 0 aromatic carbocycles. The van der Waals surface area contributed by atoms with E-state index in [0.29, 0.717) is 6.42 Å². The highest BCUT2D eigenvalue weighted by atomic mass is 35.5. The van der Waals surface area contributed by atoms with Crippen LogP contribution in [0.25, 0.3) is 0 Å². The zero-order valence-corrected chi connectivity index (χ0v) is 8.86. The van der Waals surface area contributed by atoms with E-state index in [2.05, 4.69) is 4.72 Å². The molecule has 0 bridgehead atoms. The summed E-state index contributed by atoms with van der Waals surface area (Å²) >= 11 is 5.32. The van der Waals surface area contributed by atoms with Gasteiger partial charge in [-0.2, -0.15) is 0 Å². The number of hydrogen-bond acceptors (Lipinski definition) is 3. The van der Waals surface area contributed by atoms with Crippen molar-refractivity contribution >= 4 is 27.5 Å². The summed E-state index contributed by atoms with van der Waals surface area (Å²) in [6.45, 7) is 1.39. The molecule has 5 nitrogen and oxygen atoms in total. The first kappa shape index (κ1) is 12.7. The summed E-state index contributed by atoms with van der Waals surface area (Å²) in [7, 11) is -3.42. The van der Waals surface area contributed by atoms with Gasteiger partial charge in [0.15, 0.2) is 0 Å². The lowest BCUT2D eigenvalue weighted by molar-refractivity contribution is -0.119. The average Bonchev–Trinajstić information content (AvgIpc) is 2.00. The van der Waals surface area contributed by atoms with Crippen LogP contribution in [-0.4, -0.2) is 32.0 Å². The molecule has 7 heteroatoms. The second kappa shape index (κ2) is 5.41. The van der Waals surface area contributed by atoms with Crippen LogP contribution >= 0.6 is 11.6 Å². The standard InChI is InChI=1S/C6H13ClN2O3S/c1-5(6(8)10)9-13(11,12)4-2-3-7/h5,9H,2-4H2,1H3,(H2,8,10). The van der Waals surface area contributed by atoms with Gasteiger partial charge in [0.2, 0.25) is 15.9 Å². The van der Waals surface area contributed by atoms with E-state index in [9.17, 15) is 13.2 Å². The highest BCUT2D eigenvalue weighted by molar-refractivity contribution is 7.89. The predicted molar refractivity (Wildman–Crippen MR) is 50.9 cm³/mol. The molecule has 1 atom stereocenters. The van der Waals surface area contributed by atoms with Gasteiger partial charge in [-0.25, -0.2) is 13.1 Å². The third kappa shape index (κ3) is 5.84. The molecule has 1 amide bonds. The Hall–Kier alpha value is -0.330. The van der Waals surface area contributed by atoms with Gasteiger partial charge in [0.05, 0.1) is 11.8 Å². The second-order valence-electron chi connectivity index (χ2n) is 2.60. The molecule has 13 heavy (non-hydrogen) atoms. The van der Waals surface area contributed by atoms with Crippen LogP contribution in [0.4, 0.5) is 0 Å². The third-order valence-electron chi connectivity index (χ3n) is 1.33. The summed E-state index contributed by atoms with van der Waals surface area (Å²) < 4.78 is 24.4. The van der Waals surface area contributed by atoms with Crippen molar-refractivity contribution in [1.82, 2.24) is 4.72 Å². The number of carbonyl (C=O) groups excluding carboxylic acids is 1. The number of halogens is 1. The van der Waals surface area contributed by atoms with Crippen molar-refractivity contribution in [1.29, 1.82) is 0 Å². The zero-order valence-electron chi connectivity index (χ0n) is 7.29. The molecule has 0 heterocycles. The van der Waals surface area contributed by atoms with E-state index in [1.54, 1.807) is 0 Å². The maximum absolute atomic E-state index is 11.1. The van der Waals surface area contributed by atoms with Gasteiger partial charge in [0.1, 0.15) is 0 Å². The van der Waals surface area contributed by atoms with Crippen molar-refractivity contribution in [2.24, 2.45) is 5.73 Å². The molecule has 0 saturated carbocycles. The number of nitrogens with one attached hydrogen (secondary N) is 1. The smallest absolute Gasteiger partial charge is 0.235 e. The molecule has 0 saturated heterocycles. The van der Waals surface area contributed by atoms with Crippen molar-refractivity contribution < 1.29 is 13.2 Å². The minimum absolute atomic E-state index is 0.0892. The van der Waals surface area contributed by atoms with Gasteiger partial charge in [-0.3, -0.25) is 4.79 Å². The highest BCUT2D eigenvalue weighted by Gasteiger charge is 2.17. The molecular weight excluding hydrogens is 216 g/mol. The third-order valence-corrected chi connectivity index (χ3v) is 3.14. The van der Waals surface area contributed by atoms with Crippen molar-refractivity contribution in [2.45, 2.75) is 19.4 Å². The molecule has 0 aliphatic carbocycles. The van der Waals surface area contributed by atoms with Crippen LogP contribution in [0.3, 0.4) is 0 Å². The Morgan fingerprint density at radius 1 is 1.62 bits per heavy atom. The van der Waals surface area contributed by atoms with Crippen LogP contribution in [0, 0.1) is 0 Å². The SMILES string of the molecule is CC(NS(=O)(=O)CCCCl)C(N)=O. The van der Waals surface area contributed by atoms with E-state index in [0.717, 1.165) is 0 Å². The highest BCUT2D eigenvalue weighted by Crippen LogP contribution is 1.94. The lowest BCUT2D eigenvalue weighted by Gasteiger charge is -2.09. The quantitative estimate of drug-likeness (QED) is 0.596. The van der Waals surface area contributed by atoms with E-state index in [4.69, 9.17) is 17.3 Å². The first-order valence-electron chi connectivity index (χ1n) is 3.74. The van der Waals surface area contributed by atoms with Crippen molar-refractivity contribution in [3.63, 3.8) is 0 Å². The number of rotatable bonds is 6. The van der Waals surface area contributed by atoms with Crippen LogP contribution in [0.1, 0.15) is 13.3 Å². The maximum atomic E-state index is 11.1. The Bertz CT molecular complexity index is 265. The fourth-order valence-electron chi connectivity index (χ4n) is 0.631. The van der Waals surface area contributed by atoms with Crippen molar-refractivity contribution in [3.05, 3.63) is 0 Å². The number of amides is 1. The number of hydrogen-bond donors (Lipinski definition) is 2. The van der Waals surface area contributed by atoms with E-state index in [1.165, 1.54) is 6.92 Å².